The largest absolute Gasteiger partial charge is 0.466 e. The van der Waals surface area contributed by atoms with Crippen molar-refractivity contribution in [2.75, 3.05) is 7.11 Å². The average molecular weight is 153 g/mol. The minimum atomic E-state index is -0.251. The van der Waals surface area contributed by atoms with E-state index in [2.05, 4.69) is 10.1 Å². The van der Waals surface area contributed by atoms with Gasteiger partial charge in [-0.05, 0) is 13.1 Å². The van der Waals surface area contributed by atoms with Gasteiger partial charge in [-0.3, -0.25) is 0 Å². The van der Waals surface area contributed by atoms with E-state index in [-0.39, 0.29) is 5.97 Å². The monoisotopic (exact) mass is 153 g/mol. The normalized spacial score (nSPS) is 16.2. The van der Waals surface area contributed by atoms with Gasteiger partial charge < -0.3 is 10.1 Å². The van der Waals surface area contributed by atoms with Gasteiger partial charge in [-0.1, -0.05) is 6.08 Å². The van der Waals surface area contributed by atoms with Crippen molar-refractivity contribution in [3.05, 3.63) is 23.5 Å². The summed E-state index contributed by atoms with van der Waals surface area (Å²) >= 11 is 0. The standard InChI is InChI=1S/C8H11NO2/c1-6-7(8(10)11-2)4-3-5-9-6/h3,5,9H,4H2,1-2H3. The van der Waals surface area contributed by atoms with Crippen LogP contribution in [0.15, 0.2) is 23.5 Å². The van der Waals surface area contributed by atoms with Crippen molar-refractivity contribution in [2.24, 2.45) is 0 Å². The van der Waals surface area contributed by atoms with E-state index < -0.39 is 0 Å². The Kier molecular flexibility index (Phi) is 2.31. The Balaban J connectivity index is 2.76. The fraction of sp³-hybridized carbons (Fsp3) is 0.375. The molecule has 1 aliphatic rings. The van der Waals surface area contributed by atoms with Gasteiger partial charge in [-0.25, -0.2) is 4.79 Å². The lowest BCUT2D eigenvalue weighted by molar-refractivity contribution is -0.136. The van der Waals surface area contributed by atoms with Crippen molar-refractivity contribution in [1.82, 2.24) is 5.32 Å². The zero-order valence-electron chi connectivity index (χ0n) is 6.68. The quantitative estimate of drug-likeness (QED) is 0.570. The molecular formula is C8H11NO2. The van der Waals surface area contributed by atoms with Gasteiger partial charge in [0.15, 0.2) is 0 Å². The third-order valence-electron chi connectivity index (χ3n) is 1.62. The van der Waals surface area contributed by atoms with E-state index in [9.17, 15) is 4.79 Å². The highest BCUT2D eigenvalue weighted by Crippen LogP contribution is 2.12. The van der Waals surface area contributed by atoms with E-state index in [1.54, 1.807) is 0 Å². The molecule has 3 nitrogen and oxygen atoms in total. The molecule has 11 heavy (non-hydrogen) atoms. The second kappa shape index (κ2) is 3.23. The molecule has 60 valence electrons. The second-order valence-electron chi connectivity index (χ2n) is 2.35. The van der Waals surface area contributed by atoms with E-state index >= 15 is 0 Å². The molecule has 0 amide bonds. The summed E-state index contributed by atoms with van der Waals surface area (Å²) in [5, 5.41) is 2.95. The van der Waals surface area contributed by atoms with Crippen molar-refractivity contribution in [2.45, 2.75) is 13.3 Å². The van der Waals surface area contributed by atoms with Crippen LogP contribution in [0.1, 0.15) is 13.3 Å². The third-order valence-corrected chi connectivity index (χ3v) is 1.62. The topological polar surface area (TPSA) is 38.3 Å². The molecule has 0 aromatic heterocycles. The van der Waals surface area contributed by atoms with Crippen molar-refractivity contribution < 1.29 is 9.53 Å². The summed E-state index contributed by atoms with van der Waals surface area (Å²) < 4.78 is 4.59. The van der Waals surface area contributed by atoms with E-state index in [4.69, 9.17) is 0 Å². The van der Waals surface area contributed by atoms with Crippen LogP contribution in [0.4, 0.5) is 0 Å². The number of carbonyl (C=O) groups excluding carboxylic acids is 1. The van der Waals surface area contributed by atoms with Gasteiger partial charge in [-0.2, -0.15) is 0 Å². The zero-order chi connectivity index (χ0) is 8.27. The van der Waals surface area contributed by atoms with Crippen molar-refractivity contribution in [3.8, 4) is 0 Å². The highest BCUT2D eigenvalue weighted by atomic mass is 16.5. The molecule has 3 heteroatoms. The Labute approximate surface area is 65.7 Å². The van der Waals surface area contributed by atoms with Crippen LogP contribution in [0.25, 0.3) is 0 Å². The Morgan fingerprint density at radius 3 is 3.00 bits per heavy atom. The Hall–Kier alpha value is -1.25. The fourth-order valence-corrected chi connectivity index (χ4v) is 0.961. The van der Waals surface area contributed by atoms with Crippen LogP contribution >= 0.6 is 0 Å². The number of rotatable bonds is 1. The minimum absolute atomic E-state index is 0.251. The van der Waals surface area contributed by atoms with Crippen LogP contribution in [0.3, 0.4) is 0 Å². The molecule has 0 fully saturated rings. The molecule has 0 spiro atoms. The molecule has 0 aliphatic carbocycles. The first-order valence-corrected chi connectivity index (χ1v) is 3.45. The number of methoxy groups -OCH3 is 1. The average Bonchev–Trinajstić information content (AvgIpc) is 2.04. The molecule has 0 saturated heterocycles. The number of hydrogen-bond donors (Lipinski definition) is 1. The molecule has 0 unspecified atom stereocenters. The lowest BCUT2D eigenvalue weighted by Gasteiger charge is -2.12. The van der Waals surface area contributed by atoms with Crippen LogP contribution in [-0.4, -0.2) is 13.1 Å². The van der Waals surface area contributed by atoms with Crippen molar-refractivity contribution in [1.29, 1.82) is 0 Å². The van der Waals surface area contributed by atoms with Crippen LogP contribution in [0.2, 0.25) is 0 Å². The van der Waals surface area contributed by atoms with Gasteiger partial charge in [0, 0.05) is 12.1 Å². The summed E-state index contributed by atoms with van der Waals surface area (Å²) in [7, 11) is 1.39. The Morgan fingerprint density at radius 1 is 1.73 bits per heavy atom. The van der Waals surface area contributed by atoms with E-state index in [0.29, 0.717) is 12.0 Å². The molecule has 0 aromatic rings. The molecule has 1 rings (SSSR count). The summed E-state index contributed by atoms with van der Waals surface area (Å²) in [6.07, 6.45) is 4.37. The van der Waals surface area contributed by atoms with Crippen LogP contribution < -0.4 is 5.32 Å². The minimum Gasteiger partial charge on any atom is -0.466 e. The number of esters is 1. The highest BCUT2D eigenvalue weighted by molar-refractivity contribution is 5.89. The van der Waals surface area contributed by atoms with Crippen LogP contribution in [-0.2, 0) is 9.53 Å². The fourth-order valence-electron chi connectivity index (χ4n) is 0.961. The maximum atomic E-state index is 11.0. The van der Waals surface area contributed by atoms with Crippen LogP contribution in [0.5, 0.6) is 0 Å². The summed E-state index contributed by atoms with van der Waals surface area (Å²) in [6, 6.07) is 0. The lowest BCUT2D eigenvalue weighted by atomic mass is 10.1. The molecule has 1 N–H and O–H groups in total. The molecular weight excluding hydrogens is 142 g/mol. The van der Waals surface area contributed by atoms with Crippen LogP contribution in [0, 0.1) is 0 Å². The first kappa shape index (κ1) is 7.85. The van der Waals surface area contributed by atoms with Gasteiger partial charge in [-0.15, -0.1) is 0 Å². The molecule has 0 aromatic carbocycles. The number of nitrogens with one attached hydrogen (secondary N) is 1. The molecule has 0 radical (unpaired) electrons. The maximum absolute atomic E-state index is 11.0. The first-order valence-electron chi connectivity index (χ1n) is 3.45. The van der Waals surface area contributed by atoms with E-state index in [1.807, 2.05) is 19.2 Å². The van der Waals surface area contributed by atoms with Gasteiger partial charge >= 0.3 is 5.97 Å². The number of ether oxygens (including phenoxy) is 1. The summed E-state index contributed by atoms with van der Waals surface area (Å²) in [4.78, 5) is 11.0. The second-order valence-corrected chi connectivity index (χ2v) is 2.35. The Morgan fingerprint density at radius 2 is 2.45 bits per heavy atom. The predicted molar refractivity (Wildman–Crippen MR) is 41.6 cm³/mol. The SMILES string of the molecule is COC(=O)C1=C(C)NC=CC1. The van der Waals surface area contributed by atoms with E-state index in [0.717, 1.165) is 5.70 Å². The van der Waals surface area contributed by atoms with Gasteiger partial charge in [0.05, 0.1) is 12.7 Å². The maximum Gasteiger partial charge on any atom is 0.335 e. The number of carbonyl (C=O) groups is 1. The van der Waals surface area contributed by atoms with Gasteiger partial charge in [0.1, 0.15) is 0 Å². The highest BCUT2D eigenvalue weighted by Gasteiger charge is 2.13. The summed E-state index contributed by atoms with van der Waals surface area (Å²) in [5.41, 5.74) is 1.58. The van der Waals surface area contributed by atoms with Gasteiger partial charge in [0.2, 0.25) is 0 Å². The molecule has 1 aliphatic heterocycles. The third kappa shape index (κ3) is 1.61. The summed E-state index contributed by atoms with van der Waals surface area (Å²) in [6.45, 7) is 1.86. The Bertz CT molecular complexity index is 228. The molecule has 0 saturated carbocycles. The summed E-state index contributed by atoms with van der Waals surface area (Å²) in [5.74, 6) is -0.251. The smallest absolute Gasteiger partial charge is 0.335 e. The number of dihydropyridines is 1. The number of allylic oxidation sites excluding steroid dienone is 2. The molecule has 1 heterocycles. The number of hydrogen-bond acceptors (Lipinski definition) is 3. The lowest BCUT2D eigenvalue weighted by Crippen LogP contribution is -2.16. The van der Waals surface area contributed by atoms with Crippen molar-refractivity contribution in [3.63, 3.8) is 0 Å². The zero-order valence-corrected chi connectivity index (χ0v) is 6.68. The first-order chi connectivity index (χ1) is 5.25. The predicted octanol–water partition coefficient (Wildman–Crippen LogP) is 0.940. The van der Waals surface area contributed by atoms with E-state index in [1.165, 1.54) is 7.11 Å². The molecule has 0 atom stereocenters. The van der Waals surface area contributed by atoms with Gasteiger partial charge in [0.25, 0.3) is 0 Å². The van der Waals surface area contributed by atoms with Crippen molar-refractivity contribution >= 4 is 5.97 Å². The molecule has 0 bridgehead atoms.